The number of aliphatic hydroxyl groups is 1. The molecule has 0 saturated carbocycles. The summed E-state index contributed by atoms with van der Waals surface area (Å²) in [6, 6.07) is 2.85. The van der Waals surface area contributed by atoms with Crippen LogP contribution in [0.15, 0.2) is 12.1 Å². The molecule has 7 heteroatoms. The van der Waals surface area contributed by atoms with Crippen LogP contribution in [-0.4, -0.2) is 36.4 Å². The van der Waals surface area contributed by atoms with Crippen LogP contribution in [0.5, 0.6) is 0 Å². The molecule has 1 saturated heterocycles. The Labute approximate surface area is 127 Å². The third-order valence-corrected chi connectivity index (χ3v) is 3.86. The third kappa shape index (κ3) is 3.76. The van der Waals surface area contributed by atoms with Gasteiger partial charge in [-0.3, -0.25) is 0 Å². The summed E-state index contributed by atoms with van der Waals surface area (Å²) in [7, 11) is 0. The van der Waals surface area contributed by atoms with Crippen molar-refractivity contribution in [1.29, 1.82) is 0 Å². The summed E-state index contributed by atoms with van der Waals surface area (Å²) in [6.07, 6.45) is -0.554. The van der Waals surface area contributed by atoms with E-state index in [0.717, 1.165) is 11.1 Å². The number of halogens is 2. The fourth-order valence-corrected chi connectivity index (χ4v) is 2.82. The van der Waals surface area contributed by atoms with E-state index < -0.39 is 6.10 Å². The van der Waals surface area contributed by atoms with Gasteiger partial charge in [0.25, 0.3) is 0 Å². The van der Waals surface area contributed by atoms with E-state index in [2.05, 4.69) is 16.0 Å². The smallest absolute Gasteiger partial charge is 0.315 e. The molecule has 4 N–H and O–H groups in total. The molecule has 110 valence electrons. The molecule has 1 aliphatic rings. The molecular formula is C13H17Cl2N3O2. The molecule has 0 bridgehead atoms. The Hall–Kier alpha value is -1.01. The Morgan fingerprint density at radius 2 is 2.20 bits per heavy atom. The Kier molecular flexibility index (Phi) is 5.10. The number of hydrogen-bond acceptors (Lipinski definition) is 3. The zero-order valence-corrected chi connectivity index (χ0v) is 12.6. The van der Waals surface area contributed by atoms with Crippen LogP contribution >= 0.6 is 23.2 Å². The van der Waals surface area contributed by atoms with Crippen LogP contribution in [0.4, 0.5) is 4.79 Å². The summed E-state index contributed by atoms with van der Waals surface area (Å²) in [5, 5.41) is 19.1. The summed E-state index contributed by atoms with van der Waals surface area (Å²) in [4.78, 5) is 11.8. The number of aliphatic hydroxyl groups excluding tert-OH is 1. The highest BCUT2D eigenvalue weighted by Crippen LogP contribution is 2.24. The minimum absolute atomic E-state index is 0.267. The van der Waals surface area contributed by atoms with E-state index >= 15 is 0 Å². The molecule has 2 amide bonds. The normalized spacial score (nSPS) is 21.8. The zero-order chi connectivity index (χ0) is 14.7. The summed E-state index contributed by atoms with van der Waals surface area (Å²) in [5.41, 5.74) is 1.75. The van der Waals surface area contributed by atoms with Gasteiger partial charge in [0.2, 0.25) is 0 Å². The lowest BCUT2D eigenvalue weighted by atomic mass is 10.1. The second kappa shape index (κ2) is 6.63. The van der Waals surface area contributed by atoms with Crippen LogP contribution in [0.3, 0.4) is 0 Å². The van der Waals surface area contributed by atoms with Gasteiger partial charge in [0.1, 0.15) is 0 Å². The summed E-state index contributed by atoms with van der Waals surface area (Å²) >= 11 is 12.0. The molecule has 0 aromatic heterocycles. The highest BCUT2D eigenvalue weighted by atomic mass is 35.5. The number of carbonyl (C=O) groups excluding carboxylic acids is 1. The second-order valence-corrected chi connectivity index (χ2v) is 5.69. The number of carbonyl (C=O) groups is 1. The van der Waals surface area contributed by atoms with E-state index in [1.807, 2.05) is 6.92 Å². The fraction of sp³-hybridized carbons (Fsp3) is 0.462. The zero-order valence-electron chi connectivity index (χ0n) is 11.0. The van der Waals surface area contributed by atoms with Gasteiger partial charge in [-0.05, 0) is 30.2 Å². The summed E-state index contributed by atoms with van der Waals surface area (Å²) in [6.45, 7) is 3.25. The topological polar surface area (TPSA) is 73.4 Å². The van der Waals surface area contributed by atoms with Crippen LogP contribution in [0.25, 0.3) is 0 Å². The van der Waals surface area contributed by atoms with Crippen LogP contribution < -0.4 is 16.0 Å². The molecule has 20 heavy (non-hydrogen) atoms. The van der Waals surface area contributed by atoms with Gasteiger partial charge in [-0.1, -0.05) is 23.2 Å². The van der Waals surface area contributed by atoms with Gasteiger partial charge in [0.05, 0.1) is 12.1 Å². The maximum absolute atomic E-state index is 11.8. The molecule has 1 aliphatic heterocycles. The standard InChI is InChI=1S/C13H17Cl2N3O2/c1-7-2-8(14)3-10(15)9(7)4-17-13(20)18-11-5-16-6-12(11)19/h2-3,11-12,16,19H,4-6H2,1H3,(H2,17,18,20)/t11-,12-/m1/s1. The van der Waals surface area contributed by atoms with Crippen molar-refractivity contribution in [1.82, 2.24) is 16.0 Å². The maximum Gasteiger partial charge on any atom is 0.315 e. The van der Waals surface area contributed by atoms with Crippen molar-refractivity contribution in [3.63, 3.8) is 0 Å². The molecular weight excluding hydrogens is 301 g/mol. The molecule has 0 unspecified atom stereocenters. The number of rotatable bonds is 3. The van der Waals surface area contributed by atoms with Gasteiger partial charge >= 0.3 is 6.03 Å². The van der Waals surface area contributed by atoms with Crippen molar-refractivity contribution in [3.05, 3.63) is 33.3 Å². The second-order valence-electron chi connectivity index (χ2n) is 4.84. The van der Waals surface area contributed by atoms with Crippen molar-refractivity contribution < 1.29 is 9.90 Å². The molecule has 1 aromatic rings. The molecule has 5 nitrogen and oxygen atoms in total. The average Bonchev–Trinajstić information content (AvgIpc) is 2.73. The molecule has 1 fully saturated rings. The maximum atomic E-state index is 11.8. The van der Waals surface area contributed by atoms with E-state index in [0.29, 0.717) is 29.7 Å². The predicted octanol–water partition coefficient (Wildman–Crippen LogP) is 1.43. The number of nitrogens with one attached hydrogen (secondary N) is 3. The molecule has 2 rings (SSSR count). The Bertz CT molecular complexity index is 487. The minimum Gasteiger partial charge on any atom is -0.390 e. The van der Waals surface area contributed by atoms with Crippen LogP contribution in [-0.2, 0) is 6.54 Å². The van der Waals surface area contributed by atoms with Gasteiger partial charge in [-0.15, -0.1) is 0 Å². The number of benzene rings is 1. The number of aryl methyl sites for hydroxylation is 1. The van der Waals surface area contributed by atoms with E-state index in [1.54, 1.807) is 12.1 Å². The van der Waals surface area contributed by atoms with Crippen molar-refractivity contribution in [2.45, 2.75) is 25.6 Å². The largest absolute Gasteiger partial charge is 0.390 e. The number of urea groups is 1. The highest BCUT2D eigenvalue weighted by molar-refractivity contribution is 6.35. The number of β-amino-alcohol motifs (C(OH)–C–C–N with tert-alkyl or cyclic N) is 1. The van der Waals surface area contributed by atoms with Crippen molar-refractivity contribution in [2.24, 2.45) is 0 Å². The first-order valence-electron chi connectivity index (χ1n) is 6.35. The molecule has 1 heterocycles. The highest BCUT2D eigenvalue weighted by Gasteiger charge is 2.26. The average molecular weight is 318 g/mol. The van der Waals surface area contributed by atoms with Crippen molar-refractivity contribution in [2.75, 3.05) is 13.1 Å². The summed E-state index contributed by atoms with van der Waals surface area (Å²) < 4.78 is 0. The van der Waals surface area contributed by atoms with Gasteiger partial charge in [-0.2, -0.15) is 0 Å². The first-order valence-corrected chi connectivity index (χ1v) is 7.10. The molecule has 1 aromatic carbocycles. The third-order valence-electron chi connectivity index (χ3n) is 3.31. The minimum atomic E-state index is -0.554. The van der Waals surface area contributed by atoms with E-state index in [1.165, 1.54) is 0 Å². The lowest BCUT2D eigenvalue weighted by Crippen LogP contribution is -2.47. The quantitative estimate of drug-likeness (QED) is 0.681. The van der Waals surface area contributed by atoms with Crippen molar-refractivity contribution in [3.8, 4) is 0 Å². The van der Waals surface area contributed by atoms with Gasteiger partial charge in [0.15, 0.2) is 0 Å². The number of hydrogen-bond donors (Lipinski definition) is 4. The molecule has 0 aliphatic carbocycles. The van der Waals surface area contributed by atoms with E-state index in [9.17, 15) is 9.90 Å². The summed E-state index contributed by atoms with van der Waals surface area (Å²) in [5.74, 6) is 0. The van der Waals surface area contributed by atoms with E-state index in [-0.39, 0.29) is 12.1 Å². The van der Waals surface area contributed by atoms with Crippen LogP contribution in [0.2, 0.25) is 10.0 Å². The Balaban J connectivity index is 1.90. The van der Waals surface area contributed by atoms with Crippen molar-refractivity contribution >= 4 is 29.2 Å². The van der Waals surface area contributed by atoms with Gasteiger partial charge in [-0.25, -0.2) is 4.79 Å². The Morgan fingerprint density at radius 1 is 1.45 bits per heavy atom. The predicted molar refractivity (Wildman–Crippen MR) is 79.2 cm³/mol. The molecule has 0 radical (unpaired) electrons. The number of amides is 2. The van der Waals surface area contributed by atoms with Crippen LogP contribution in [0, 0.1) is 6.92 Å². The lowest BCUT2D eigenvalue weighted by Gasteiger charge is -2.17. The fourth-order valence-electron chi connectivity index (χ4n) is 2.16. The molecule has 2 atom stereocenters. The monoisotopic (exact) mass is 317 g/mol. The SMILES string of the molecule is Cc1cc(Cl)cc(Cl)c1CNC(=O)N[C@@H]1CNC[C@H]1O. The lowest BCUT2D eigenvalue weighted by molar-refractivity contribution is 0.162. The van der Waals surface area contributed by atoms with Gasteiger partial charge in [0, 0.05) is 29.7 Å². The van der Waals surface area contributed by atoms with Crippen LogP contribution in [0.1, 0.15) is 11.1 Å². The molecule has 0 spiro atoms. The first kappa shape index (κ1) is 15.4. The van der Waals surface area contributed by atoms with E-state index in [4.69, 9.17) is 23.2 Å². The Morgan fingerprint density at radius 3 is 2.80 bits per heavy atom. The first-order chi connectivity index (χ1) is 9.47. The van der Waals surface area contributed by atoms with Gasteiger partial charge < -0.3 is 21.1 Å².